The molecule has 0 aromatic heterocycles. The summed E-state index contributed by atoms with van der Waals surface area (Å²) in [6.07, 6.45) is 21.8. The highest BCUT2D eigenvalue weighted by Crippen LogP contribution is 2.30. The lowest BCUT2D eigenvalue weighted by Gasteiger charge is -2.46. The van der Waals surface area contributed by atoms with E-state index in [0.717, 1.165) is 57.8 Å². The summed E-state index contributed by atoms with van der Waals surface area (Å²) in [6.45, 7) is 2.63. The molecule has 12 unspecified atom stereocenters. The van der Waals surface area contributed by atoms with E-state index in [4.69, 9.17) is 18.9 Å². The van der Waals surface area contributed by atoms with Gasteiger partial charge < -0.3 is 65.1 Å². The maximum Gasteiger partial charge on any atom is 0.220 e. The highest BCUT2D eigenvalue weighted by molar-refractivity contribution is 5.76. The predicted molar refractivity (Wildman–Crippen MR) is 235 cm³/mol. The topological polar surface area (TPSA) is 228 Å². The Kier molecular flexibility index (Phi) is 31.0. The van der Waals surface area contributed by atoms with Gasteiger partial charge in [-0.1, -0.05) is 133 Å². The summed E-state index contributed by atoms with van der Waals surface area (Å²) in [5.41, 5.74) is 0. The molecule has 2 aliphatic rings. The molecule has 0 aromatic rings. The summed E-state index contributed by atoms with van der Waals surface area (Å²) >= 11 is 0. The van der Waals surface area contributed by atoms with Crippen molar-refractivity contribution in [2.24, 2.45) is 0 Å². The summed E-state index contributed by atoms with van der Waals surface area (Å²) in [6, 6.07) is -0.930. The number of hydrogen-bond donors (Lipinski definition) is 9. The molecule has 0 saturated carbocycles. The van der Waals surface area contributed by atoms with Crippen LogP contribution in [0.5, 0.6) is 0 Å². The molecule has 2 aliphatic heterocycles. The number of unbranched alkanes of at least 4 members (excludes halogenated alkanes) is 15. The minimum atomic E-state index is -1.79. The second-order valence-corrected chi connectivity index (χ2v) is 16.5. The van der Waals surface area contributed by atoms with E-state index in [1.54, 1.807) is 6.08 Å². The molecule has 0 aromatic carbocycles. The van der Waals surface area contributed by atoms with E-state index >= 15 is 0 Å². The number of rotatable bonds is 34. The standard InChI is InChI=1S/C47H83NO13/c1-3-5-7-9-11-13-14-15-16-17-18-19-20-21-22-23-25-27-29-31-39(52)48-35(36(51)30-28-26-24-12-10-8-6-4-2)34-58-46-44(57)42(55)45(38(33-50)60-46)61-47-43(56)41(54)40(53)37(32-49)59-47/h10-13,15-16,28,30,35-38,40-47,49-51,53-57H,3-9,14,17-27,29,31-34H2,1-2H3,(H,48,52)/b12-10+,13-11-,16-15-,30-28+. The molecule has 2 heterocycles. The van der Waals surface area contributed by atoms with E-state index in [0.29, 0.717) is 12.8 Å². The van der Waals surface area contributed by atoms with Crippen LogP contribution in [0.25, 0.3) is 0 Å². The van der Waals surface area contributed by atoms with Gasteiger partial charge in [0.05, 0.1) is 32.0 Å². The van der Waals surface area contributed by atoms with Crippen LogP contribution in [0.2, 0.25) is 0 Å². The average Bonchev–Trinajstić information content (AvgIpc) is 3.26. The van der Waals surface area contributed by atoms with Crippen molar-refractivity contribution in [3.63, 3.8) is 0 Å². The molecule has 0 aliphatic carbocycles. The summed E-state index contributed by atoms with van der Waals surface area (Å²) in [4.78, 5) is 13.1. The van der Waals surface area contributed by atoms with Gasteiger partial charge in [0.15, 0.2) is 12.6 Å². The SMILES string of the molecule is CCCC/C=C/CC/C=C/C(O)C(COC1OC(CO)C(OC2OC(CO)C(O)C(O)C2O)C(O)C1O)NC(=O)CCCCCCCCCCC/C=C\C/C=C\CCCCC. The van der Waals surface area contributed by atoms with Crippen LogP contribution < -0.4 is 5.32 Å². The fourth-order valence-electron chi connectivity index (χ4n) is 7.32. The number of aliphatic hydroxyl groups is 8. The van der Waals surface area contributed by atoms with Crippen molar-refractivity contribution in [3.8, 4) is 0 Å². The summed E-state index contributed by atoms with van der Waals surface area (Å²) in [7, 11) is 0. The lowest BCUT2D eigenvalue weighted by atomic mass is 9.97. The first-order valence-electron chi connectivity index (χ1n) is 23.4. The van der Waals surface area contributed by atoms with Crippen LogP contribution in [0.3, 0.4) is 0 Å². The Hall–Kier alpha value is -2.05. The molecule has 2 saturated heterocycles. The van der Waals surface area contributed by atoms with Gasteiger partial charge in [0, 0.05) is 6.42 Å². The third kappa shape index (κ3) is 22.4. The van der Waals surface area contributed by atoms with E-state index in [2.05, 4.69) is 55.6 Å². The molecule has 12 atom stereocenters. The minimum Gasteiger partial charge on any atom is -0.394 e. The van der Waals surface area contributed by atoms with Crippen LogP contribution in [-0.2, 0) is 23.7 Å². The van der Waals surface area contributed by atoms with E-state index in [9.17, 15) is 45.6 Å². The number of ether oxygens (including phenoxy) is 4. The van der Waals surface area contributed by atoms with E-state index in [1.807, 2.05) is 6.08 Å². The van der Waals surface area contributed by atoms with Gasteiger partial charge in [0.25, 0.3) is 0 Å². The lowest BCUT2D eigenvalue weighted by molar-refractivity contribution is -0.359. The molecule has 14 nitrogen and oxygen atoms in total. The van der Waals surface area contributed by atoms with Gasteiger partial charge >= 0.3 is 0 Å². The largest absolute Gasteiger partial charge is 0.394 e. The number of aliphatic hydroxyl groups excluding tert-OH is 8. The number of carbonyl (C=O) groups is 1. The fraction of sp³-hybridized carbons (Fsp3) is 0.809. The van der Waals surface area contributed by atoms with Gasteiger partial charge in [-0.05, 0) is 57.8 Å². The zero-order valence-corrected chi connectivity index (χ0v) is 37.1. The molecular weight excluding hydrogens is 787 g/mol. The van der Waals surface area contributed by atoms with E-state index in [-0.39, 0.29) is 18.9 Å². The smallest absolute Gasteiger partial charge is 0.220 e. The molecule has 61 heavy (non-hydrogen) atoms. The van der Waals surface area contributed by atoms with Gasteiger partial charge in [-0.25, -0.2) is 0 Å². The van der Waals surface area contributed by atoms with E-state index < -0.39 is 86.8 Å². The molecule has 0 bridgehead atoms. The monoisotopic (exact) mass is 870 g/mol. The zero-order chi connectivity index (χ0) is 44.7. The molecule has 0 spiro atoms. The predicted octanol–water partition coefficient (Wildman–Crippen LogP) is 4.93. The Labute approximate surface area is 365 Å². The van der Waals surface area contributed by atoms with Gasteiger partial charge in [0.1, 0.15) is 48.8 Å². The molecule has 1 amide bonds. The maximum atomic E-state index is 13.1. The first kappa shape index (κ1) is 55.1. The first-order valence-corrected chi connectivity index (χ1v) is 23.4. The van der Waals surface area contributed by atoms with Crippen molar-refractivity contribution < 1.29 is 64.6 Å². The number of nitrogens with one attached hydrogen (secondary N) is 1. The Bertz CT molecular complexity index is 1210. The van der Waals surface area contributed by atoms with Crippen molar-refractivity contribution >= 4 is 5.91 Å². The average molecular weight is 870 g/mol. The normalized spacial score (nSPS) is 28.4. The molecule has 2 rings (SSSR count). The Morgan fingerprint density at radius 1 is 0.590 bits per heavy atom. The van der Waals surface area contributed by atoms with Gasteiger partial charge in [-0.15, -0.1) is 0 Å². The third-order valence-corrected chi connectivity index (χ3v) is 11.2. The summed E-state index contributed by atoms with van der Waals surface area (Å²) in [5.74, 6) is -0.261. The van der Waals surface area contributed by atoms with Gasteiger partial charge in [-0.3, -0.25) is 4.79 Å². The number of amides is 1. The van der Waals surface area contributed by atoms with Crippen LogP contribution in [0.1, 0.15) is 149 Å². The Balaban J connectivity index is 1.82. The maximum absolute atomic E-state index is 13.1. The van der Waals surface area contributed by atoms with Crippen molar-refractivity contribution in [1.29, 1.82) is 0 Å². The first-order chi connectivity index (χ1) is 29.6. The summed E-state index contributed by atoms with van der Waals surface area (Å²) < 4.78 is 22.6. The second kappa shape index (κ2) is 34.4. The summed E-state index contributed by atoms with van der Waals surface area (Å²) in [5, 5.41) is 86.3. The van der Waals surface area contributed by atoms with Crippen LogP contribution in [0.4, 0.5) is 0 Å². The van der Waals surface area contributed by atoms with Crippen LogP contribution in [-0.4, -0.2) is 140 Å². The second-order valence-electron chi connectivity index (χ2n) is 16.5. The molecule has 9 N–H and O–H groups in total. The molecular formula is C47H83NO13. The zero-order valence-electron chi connectivity index (χ0n) is 37.1. The molecule has 14 heteroatoms. The number of hydrogen-bond acceptors (Lipinski definition) is 13. The molecule has 2 fully saturated rings. The number of allylic oxidation sites excluding steroid dienone is 7. The molecule has 0 radical (unpaired) electrons. The molecule has 354 valence electrons. The Morgan fingerprint density at radius 2 is 1.11 bits per heavy atom. The van der Waals surface area contributed by atoms with E-state index in [1.165, 1.54) is 57.8 Å². The highest BCUT2D eigenvalue weighted by Gasteiger charge is 2.50. The van der Waals surface area contributed by atoms with Gasteiger partial charge in [0.2, 0.25) is 5.91 Å². The minimum absolute atomic E-state index is 0.261. The van der Waals surface area contributed by atoms with Crippen molar-refractivity contribution in [2.75, 3.05) is 19.8 Å². The quantitative estimate of drug-likeness (QED) is 0.0309. The highest BCUT2D eigenvalue weighted by atomic mass is 16.7. The fourth-order valence-corrected chi connectivity index (χ4v) is 7.32. The number of carbonyl (C=O) groups excluding carboxylic acids is 1. The van der Waals surface area contributed by atoms with Crippen LogP contribution in [0, 0.1) is 0 Å². The third-order valence-electron chi connectivity index (χ3n) is 11.2. The lowest BCUT2D eigenvalue weighted by Crippen LogP contribution is -2.65. The van der Waals surface area contributed by atoms with Gasteiger partial charge in [-0.2, -0.15) is 0 Å². The van der Waals surface area contributed by atoms with Crippen LogP contribution in [0.15, 0.2) is 48.6 Å². The Morgan fingerprint density at radius 3 is 1.75 bits per heavy atom. The van der Waals surface area contributed by atoms with Crippen LogP contribution >= 0.6 is 0 Å². The van der Waals surface area contributed by atoms with Crippen molar-refractivity contribution in [3.05, 3.63) is 48.6 Å². The van der Waals surface area contributed by atoms with Crippen molar-refractivity contribution in [2.45, 2.75) is 222 Å². The van der Waals surface area contributed by atoms with Crippen molar-refractivity contribution in [1.82, 2.24) is 5.32 Å².